The highest BCUT2D eigenvalue weighted by Crippen LogP contribution is 2.34. The first-order valence-electron chi connectivity index (χ1n) is 10.9. The lowest BCUT2D eigenvalue weighted by Gasteiger charge is -2.15. The molecule has 0 amide bonds. The Hall–Kier alpha value is -2.41. The highest BCUT2D eigenvalue weighted by atomic mass is 35.5. The van der Waals surface area contributed by atoms with Gasteiger partial charge in [-0.15, -0.1) is 11.3 Å². The summed E-state index contributed by atoms with van der Waals surface area (Å²) >= 11 is 7.53. The molecule has 4 N–H and O–H groups in total. The van der Waals surface area contributed by atoms with E-state index in [1.165, 1.54) is 23.9 Å². The molecule has 0 bridgehead atoms. The van der Waals surface area contributed by atoms with Crippen LogP contribution in [0.2, 0.25) is 5.02 Å². The van der Waals surface area contributed by atoms with E-state index < -0.39 is 22.3 Å². The fraction of sp³-hybridized carbons (Fsp3) is 0.348. The van der Waals surface area contributed by atoms with Crippen molar-refractivity contribution in [1.82, 2.24) is 9.97 Å². The van der Waals surface area contributed by atoms with Crippen LogP contribution in [-0.4, -0.2) is 48.0 Å². The molecule has 0 spiro atoms. The Morgan fingerprint density at radius 3 is 2.89 bits per heavy atom. The number of thiophene rings is 1. The van der Waals surface area contributed by atoms with Crippen molar-refractivity contribution in [2.75, 3.05) is 11.9 Å². The van der Waals surface area contributed by atoms with Crippen LogP contribution in [0.15, 0.2) is 48.9 Å². The Labute approximate surface area is 212 Å². The quantitative estimate of drug-likeness (QED) is 0.353. The van der Waals surface area contributed by atoms with Crippen molar-refractivity contribution in [2.45, 2.75) is 37.8 Å². The molecule has 0 saturated heterocycles. The summed E-state index contributed by atoms with van der Waals surface area (Å²) in [4.78, 5) is 23.2. The molecule has 9 nitrogen and oxygen atoms in total. The zero-order valence-corrected chi connectivity index (χ0v) is 21.2. The van der Waals surface area contributed by atoms with Gasteiger partial charge in [0.25, 0.3) is 0 Å². The van der Waals surface area contributed by atoms with Gasteiger partial charge < -0.3 is 10.4 Å². The van der Waals surface area contributed by atoms with E-state index in [1.807, 2.05) is 30.3 Å². The van der Waals surface area contributed by atoms with Crippen molar-refractivity contribution in [2.24, 2.45) is 11.1 Å². The van der Waals surface area contributed by atoms with Crippen LogP contribution in [0.1, 0.15) is 51.4 Å². The molecule has 4 atom stereocenters. The molecular formula is C23H25ClN4O5S2. The third kappa shape index (κ3) is 6.43. The average Bonchev–Trinajstić information content (AvgIpc) is 3.43. The van der Waals surface area contributed by atoms with Crippen LogP contribution in [0, 0.1) is 5.92 Å². The van der Waals surface area contributed by atoms with Gasteiger partial charge in [0, 0.05) is 34.0 Å². The molecule has 1 aromatic carbocycles. The van der Waals surface area contributed by atoms with E-state index in [9.17, 15) is 18.3 Å². The number of anilines is 1. The minimum atomic E-state index is -4.09. The second-order valence-electron chi connectivity index (χ2n) is 8.51. The number of aliphatic hydroxyl groups is 1. The predicted octanol–water partition coefficient (Wildman–Crippen LogP) is 3.35. The molecule has 2 heterocycles. The fourth-order valence-electron chi connectivity index (χ4n) is 4.17. The molecule has 12 heteroatoms. The van der Waals surface area contributed by atoms with Gasteiger partial charge in [0.2, 0.25) is 5.78 Å². The van der Waals surface area contributed by atoms with Gasteiger partial charge in [0.15, 0.2) is 0 Å². The second kappa shape index (κ2) is 10.7. The summed E-state index contributed by atoms with van der Waals surface area (Å²) in [5.41, 5.74) is 1.37. The molecule has 1 aliphatic carbocycles. The number of nitrogens with two attached hydrogens (primary N) is 1. The van der Waals surface area contributed by atoms with Crippen LogP contribution in [-0.2, 0) is 14.5 Å². The molecule has 0 radical (unpaired) electrons. The van der Waals surface area contributed by atoms with Crippen molar-refractivity contribution in [1.29, 1.82) is 0 Å². The lowest BCUT2D eigenvalue weighted by Crippen LogP contribution is -2.24. The lowest BCUT2D eigenvalue weighted by molar-refractivity contribution is 0.101. The molecule has 1 aliphatic rings. The number of rotatable bonds is 9. The number of ketones is 1. The Morgan fingerprint density at radius 1 is 1.34 bits per heavy atom. The summed E-state index contributed by atoms with van der Waals surface area (Å²) in [5, 5.41) is 19.0. The maximum Gasteiger partial charge on any atom is 0.333 e. The molecule has 3 aromatic rings. The van der Waals surface area contributed by atoms with Crippen molar-refractivity contribution in [3.8, 4) is 0 Å². The summed E-state index contributed by atoms with van der Waals surface area (Å²) < 4.78 is 26.8. The molecule has 0 aliphatic heterocycles. The molecule has 186 valence electrons. The van der Waals surface area contributed by atoms with Gasteiger partial charge >= 0.3 is 10.3 Å². The lowest BCUT2D eigenvalue weighted by atomic mass is 10.00. The minimum absolute atomic E-state index is 0.0707. The number of nitrogens with zero attached hydrogens (tertiary/aromatic N) is 2. The first kappa shape index (κ1) is 25.7. The number of carbonyl (C=O) groups excluding carboxylic acids is 1. The van der Waals surface area contributed by atoms with Gasteiger partial charge in [-0.25, -0.2) is 15.1 Å². The van der Waals surface area contributed by atoms with E-state index in [4.69, 9.17) is 16.7 Å². The Morgan fingerprint density at radius 2 is 2.14 bits per heavy atom. The number of carbonyl (C=O) groups is 1. The highest BCUT2D eigenvalue weighted by molar-refractivity contribution is 7.84. The van der Waals surface area contributed by atoms with Gasteiger partial charge in [-0.1, -0.05) is 30.7 Å². The van der Waals surface area contributed by atoms with Crippen LogP contribution in [0.3, 0.4) is 0 Å². The maximum absolute atomic E-state index is 13.3. The van der Waals surface area contributed by atoms with Crippen LogP contribution in [0.25, 0.3) is 0 Å². The fourth-order valence-corrected chi connectivity index (χ4v) is 5.77. The largest absolute Gasteiger partial charge is 0.393 e. The second-order valence-corrected chi connectivity index (χ2v) is 11.3. The van der Waals surface area contributed by atoms with Crippen LogP contribution >= 0.6 is 22.9 Å². The van der Waals surface area contributed by atoms with Crippen molar-refractivity contribution in [3.05, 3.63) is 74.8 Å². The number of nitrogens with one attached hydrogen (secondary N) is 1. The van der Waals surface area contributed by atoms with Gasteiger partial charge in [-0.05, 0) is 42.7 Å². The topological polar surface area (TPSA) is 144 Å². The smallest absolute Gasteiger partial charge is 0.333 e. The number of halogens is 1. The predicted molar refractivity (Wildman–Crippen MR) is 134 cm³/mol. The summed E-state index contributed by atoms with van der Waals surface area (Å²) in [5.74, 6) is -0.204. The van der Waals surface area contributed by atoms with Crippen molar-refractivity contribution >= 4 is 44.8 Å². The average molecular weight is 537 g/mol. The van der Waals surface area contributed by atoms with Gasteiger partial charge in [-0.2, -0.15) is 8.42 Å². The van der Waals surface area contributed by atoms with E-state index in [2.05, 4.69) is 26.4 Å². The standard InChI is InChI=1S/C23H25ClN4O5S2/c1-13(14-3-2-4-16(24)7-14)20-5-6-21(34-20)22(30)18-10-26-12-27-23(18)28-17-8-15(19(29)9-17)11-33-35(25,31)32/h2-7,10,12-13,15,17,19,29H,8-9,11H2,1H3,(H2,25,31,32)(H,26,27,28)/t13?,15-,17-,19+/m1/s1. The first-order chi connectivity index (χ1) is 16.6. The highest BCUT2D eigenvalue weighted by Gasteiger charge is 2.34. The molecular weight excluding hydrogens is 512 g/mol. The van der Waals surface area contributed by atoms with Crippen LogP contribution in [0.5, 0.6) is 0 Å². The van der Waals surface area contributed by atoms with E-state index >= 15 is 0 Å². The number of hydrogen-bond donors (Lipinski definition) is 3. The zero-order valence-electron chi connectivity index (χ0n) is 18.8. The van der Waals surface area contributed by atoms with Crippen LogP contribution in [0.4, 0.5) is 5.82 Å². The number of aliphatic hydroxyl groups excluding tert-OH is 1. The molecule has 4 rings (SSSR count). The number of benzene rings is 1. The molecule has 1 saturated carbocycles. The number of hydrogen-bond acceptors (Lipinski definition) is 9. The van der Waals surface area contributed by atoms with Crippen molar-refractivity contribution in [3.63, 3.8) is 0 Å². The van der Waals surface area contributed by atoms with E-state index in [-0.39, 0.29) is 24.3 Å². The monoisotopic (exact) mass is 536 g/mol. The third-order valence-electron chi connectivity index (χ3n) is 6.03. The summed E-state index contributed by atoms with van der Waals surface area (Å²) in [7, 11) is -4.09. The van der Waals surface area contributed by atoms with Gasteiger partial charge in [0.1, 0.15) is 12.1 Å². The maximum atomic E-state index is 13.3. The molecule has 35 heavy (non-hydrogen) atoms. The molecule has 1 fully saturated rings. The summed E-state index contributed by atoms with van der Waals surface area (Å²) in [6.45, 7) is 1.85. The normalized spacial score (nSPS) is 21.1. The van der Waals surface area contributed by atoms with Crippen LogP contribution < -0.4 is 10.5 Å². The molecule has 1 unspecified atom stereocenters. The van der Waals surface area contributed by atoms with E-state index in [0.717, 1.165) is 10.4 Å². The summed E-state index contributed by atoms with van der Waals surface area (Å²) in [6, 6.07) is 11.1. The van der Waals surface area contributed by atoms with Gasteiger partial charge in [0.05, 0.1) is 23.2 Å². The first-order valence-corrected chi connectivity index (χ1v) is 13.6. The Balaban J connectivity index is 1.47. The zero-order chi connectivity index (χ0) is 25.2. The van der Waals surface area contributed by atoms with Crippen molar-refractivity contribution < 1.29 is 22.5 Å². The third-order valence-corrected chi connectivity index (χ3v) is 7.99. The van der Waals surface area contributed by atoms with E-state index in [1.54, 1.807) is 6.07 Å². The SMILES string of the molecule is CC(c1cccc(Cl)c1)c1ccc(C(=O)c2cncnc2N[C@@H]2C[C@H](COS(N)(=O)=O)[C@@H](O)C2)s1. The van der Waals surface area contributed by atoms with Gasteiger partial charge in [-0.3, -0.25) is 8.98 Å². The number of aromatic nitrogens is 2. The minimum Gasteiger partial charge on any atom is -0.393 e. The molecule has 2 aromatic heterocycles. The Kier molecular flexibility index (Phi) is 7.84. The summed E-state index contributed by atoms with van der Waals surface area (Å²) in [6.07, 6.45) is 2.80. The van der Waals surface area contributed by atoms with E-state index in [0.29, 0.717) is 34.1 Å². The Bertz CT molecular complexity index is 1320.